The van der Waals surface area contributed by atoms with Crippen LogP contribution < -0.4 is 5.32 Å². The lowest BCUT2D eigenvalue weighted by Crippen LogP contribution is -2.23. The second-order valence-corrected chi connectivity index (χ2v) is 4.76. The molecule has 1 saturated heterocycles. The monoisotopic (exact) mass is 239 g/mol. The molecule has 6 heteroatoms. The minimum absolute atomic E-state index is 0.0448. The van der Waals surface area contributed by atoms with E-state index in [4.69, 9.17) is 0 Å². The Balaban J connectivity index is 1.87. The number of hydrogen-bond acceptors (Lipinski definition) is 5. The van der Waals surface area contributed by atoms with E-state index in [-0.39, 0.29) is 5.69 Å². The molecule has 16 heavy (non-hydrogen) atoms. The topological polar surface area (TPSA) is 68.1 Å². The Morgan fingerprint density at radius 1 is 1.62 bits per heavy atom. The largest absolute Gasteiger partial charge is 0.313 e. The van der Waals surface area contributed by atoms with Crippen molar-refractivity contribution >= 4 is 17.4 Å². The van der Waals surface area contributed by atoms with Crippen LogP contribution in [0.5, 0.6) is 0 Å². The van der Waals surface area contributed by atoms with Gasteiger partial charge in [-0.2, -0.15) is 0 Å². The second-order valence-electron chi connectivity index (χ2n) is 3.72. The molecule has 2 rings (SSSR count). The van der Waals surface area contributed by atoms with Crippen molar-refractivity contribution in [3.63, 3.8) is 0 Å². The molecular formula is C10H13N3O2S. The molecule has 1 aliphatic heterocycles. The van der Waals surface area contributed by atoms with Gasteiger partial charge in [0.2, 0.25) is 0 Å². The fourth-order valence-electron chi connectivity index (χ4n) is 1.65. The summed E-state index contributed by atoms with van der Waals surface area (Å²) in [5.41, 5.74) is 0.0448. The molecule has 0 amide bonds. The highest BCUT2D eigenvalue weighted by Gasteiger charge is 2.14. The summed E-state index contributed by atoms with van der Waals surface area (Å²) in [5.74, 6) is 0.977. The third kappa shape index (κ3) is 2.93. The van der Waals surface area contributed by atoms with Gasteiger partial charge in [-0.1, -0.05) is 0 Å². The van der Waals surface area contributed by atoms with Crippen molar-refractivity contribution in [3.8, 4) is 0 Å². The Kier molecular flexibility index (Phi) is 3.74. The van der Waals surface area contributed by atoms with Crippen LogP contribution in [0.15, 0.2) is 23.4 Å². The molecule has 1 N–H and O–H groups in total. The summed E-state index contributed by atoms with van der Waals surface area (Å²) in [6, 6.07) is 3.76. The van der Waals surface area contributed by atoms with Crippen LogP contribution in [0.4, 0.5) is 5.69 Å². The van der Waals surface area contributed by atoms with Gasteiger partial charge in [0.15, 0.2) is 0 Å². The quantitative estimate of drug-likeness (QED) is 0.493. The van der Waals surface area contributed by atoms with E-state index in [0.717, 1.165) is 17.3 Å². The molecule has 1 fully saturated rings. The van der Waals surface area contributed by atoms with Crippen molar-refractivity contribution in [1.82, 2.24) is 10.3 Å². The van der Waals surface area contributed by atoms with Gasteiger partial charge in [-0.05, 0) is 25.5 Å². The zero-order valence-corrected chi connectivity index (χ0v) is 9.57. The van der Waals surface area contributed by atoms with E-state index in [0.29, 0.717) is 6.04 Å². The molecule has 1 aliphatic rings. The van der Waals surface area contributed by atoms with Crippen LogP contribution in [0.3, 0.4) is 0 Å². The van der Waals surface area contributed by atoms with Crippen molar-refractivity contribution in [2.75, 3.05) is 12.3 Å². The minimum Gasteiger partial charge on any atom is -0.313 e. The molecule has 0 radical (unpaired) electrons. The molecule has 0 saturated carbocycles. The van der Waals surface area contributed by atoms with Gasteiger partial charge in [0, 0.05) is 17.9 Å². The van der Waals surface area contributed by atoms with Crippen LogP contribution in [0.25, 0.3) is 0 Å². The number of pyridine rings is 1. The number of aromatic nitrogens is 1. The third-order valence-corrected chi connectivity index (χ3v) is 3.63. The standard InChI is InChI=1S/C10H13N3O2S/c14-13(15)9-3-4-10(12-6-9)16-7-8-2-1-5-11-8/h3-4,6,8,11H,1-2,5,7H2. The van der Waals surface area contributed by atoms with Gasteiger partial charge < -0.3 is 5.32 Å². The highest BCUT2D eigenvalue weighted by atomic mass is 32.2. The Morgan fingerprint density at radius 3 is 3.06 bits per heavy atom. The molecule has 1 aromatic rings. The van der Waals surface area contributed by atoms with Crippen molar-refractivity contribution < 1.29 is 4.92 Å². The van der Waals surface area contributed by atoms with Crippen LogP contribution in [-0.2, 0) is 0 Å². The van der Waals surface area contributed by atoms with Gasteiger partial charge in [-0.15, -0.1) is 11.8 Å². The van der Waals surface area contributed by atoms with Crippen molar-refractivity contribution in [3.05, 3.63) is 28.4 Å². The van der Waals surface area contributed by atoms with E-state index >= 15 is 0 Å². The fourth-order valence-corrected chi connectivity index (χ4v) is 2.60. The van der Waals surface area contributed by atoms with E-state index in [2.05, 4.69) is 10.3 Å². The smallest absolute Gasteiger partial charge is 0.287 e. The SMILES string of the molecule is O=[N+]([O-])c1ccc(SCC2CCCN2)nc1. The molecule has 86 valence electrons. The zero-order valence-electron chi connectivity index (χ0n) is 8.76. The number of thioether (sulfide) groups is 1. The van der Waals surface area contributed by atoms with E-state index in [1.807, 2.05) is 0 Å². The Labute approximate surface area is 97.8 Å². The molecule has 5 nitrogen and oxygen atoms in total. The van der Waals surface area contributed by atoms with E-state index < -0.39 is 4.92 Å². The minimum atomic E-state index is -0.431. The van der Waals surface area contributed by atoms with Crippen LogP contribution in [-0.4, -0.2) is 28.2 Å². The van der Waals surface area contributed by atoms with Gasteiger partial charge in [0.25, 0.3) is 5.69 Å². The Morgan fingerprint density at radius 2 is 2.50 bits per heavy atom. The van der Waals surface area contributed by atoms with Crippen molar-refractivity contribution in [2.45, 2.75) is 23.9 Å². The number of hydrogen-bond donors (Lipinski definition) is 1. The predicted molar refractivity (Wildman–Crippen MR) is 62.6 cm³/mol. The highest BCUT2D eigenvalue weighted by Crippen LogP contribution is 2.21. The lowest BCUT2D eigenvalue weighted by molar-refractivity contribution is -0.385. The molecule has 2 heterocycles. The molecule has 0 aliphatic carbocycles. The van der Waals surface area contributed by atoms with Crippen molar-refractivity contribution in [1.29, 1.82) is 0 Å². The number of rotatable bonds is 4. The van der Waals surface area contributed by atoms with Crippen LogP contribution in [0, 0.1) is 10.1 Å². The maximum absolute atomic E-state index is 10.4. The maximum atomic E-state index is 10.4. The molecule has 0 spiro atoms. The molecule has 0 bridgehead atoms. The van der Waals surface area contributed by atoms with Gasteiger partial charge in [-0.25, -0.2) is 4.98 Å². The van der Waals surface area contributed by atoms with Gasteiger partial charge >= 0.3 is 0 Å². The average molecular weight is 239 g/mol. The first-order valence-electron chi connectivity index (χ1n) is 5.22. The summed E-state index contributed by atoms with van der Waals surface area (Å²) in [5, 5.41) is 14.7. The highest BCUT2D eigenvalue weighted by molar-refractivity contribution is 7.99. The molecular weight excluding hydrogens is 226 g/mol. The second kappa shape index (κ2) is 5.27. The molecule has 1 unspecified atom stereocenters. The Hall–Kier alpha value is -1.14. The summed E-state index contributed by atoms with van der Waals surface area (Å²) >= 11 is 1.64. The normalized spacial score (nSPS) is 19.9. The first-order valence-corrected chi connectivity index (χ1v) is 6.21. The van der Waals surface area contributed by atoms with E-state index in [1.165, 1.54) is 25.1 Å². The summed E-state index contributed by atoms with van der Waals surface area (Å²) in [6.45, 7) is 1.10. The average Bonchev–Trinajstić information content (AvgIpc) is 2.80. The maximum Gasteiger partial charge on any atom is 0.287 e. The first-order chi connectivity index (χ1) is 7.75. The fraction of sp³-hybridized carbons (Fsp3) is 0.500. The lowest BCUT2D eigenvalue weighted by atomic mass is 10.3. The molecule has 0 aromatic carbocycles. The third-order valence-electron chi connectivity index (χ3n) is 2.53. The van der Waals surface area contributed by atoms with Crippen LogP contribution in [0.1, 0.15) is 12.8 Å². The van der Waals surface area contributed by atoms with Crippen molar-refractivity contribution in [2.24, 2.45) is 0 Å². The first kappa shape index (κ1) is 11.3. The summed E-state index contributed by atoms with van der Waals surface area (Å²) in [4.78, 5) is 14.1. The number of nitro groups is 1. The summed E-state index contributed by atoms with van der Waals surface area (Å²) in [6.07, 6.45) is 3.75. The predicted octanol–water partition coefficient (Wildman–Crippen LogP) is 1.83. The van der Waals surface area contributed by atoms with E-state index in [9.17, 15) is 10.1 Å². The van der Waals surface area contributed by atoms with Gasteiger partial charge in [0.05, 0.1) is 9.95 Å². The van der Waals surface area contributed by atoms with Gasteiger partial charge in [-0.3, -0.25) is 10.1 Å². The molecule has 1 atom stereocenters. The summed E-state index contributed by atoms with van der Waals surface area (Å²) in [7, 11) is 0. The molecule has 1 aromatic heterocycles. The summed E-state index contributed by atoms with van der Waals surface area (Å²) < 4.78 is 0. The Bertz CT molecular complexity index is 363. The number of nitrogens with one attached hydrogen (secondary N) is 1. The number of nitrogens with zero attached hydrogens (tertiary/aromatic N) is 2. The van der Waals surface area contributed by atoms with Gasteiger partial charge in [0.1, 0.15) is 6.20 Å². The van der Waals surface area contributed by atoms with E-state index in [1.54, 1.807) is 17.8 Å². The zero-order chi connectivity index (χ0) is 11.4. The van der Waals surface area contributed by atoms with Crippen LogP contribution >= 0.6 is 11.8 Å². The van der Waals surface area contributed by atoms with Crippen LogP contribution in [0.2, 0.25) is 0 Å². The lowest BCUT2D eigenvalue weighted by Gasteiger charge is -2.08.